The standard InChI is InChI=1S/C16H32NO2/c1-11-13-7-8-14(16(13,2)3)15(11)19-10-12(18)9-17(4,5)6/h11-15,18H,7-10H2,1-6H3/q+1/t11-,12+,13+,14+,15-/m1/s1. The van der Waals surface area contributed by atoms with Gasteiger partial charge in [0.15, 0.2) is 0 Å². The molecule has 2 bridgehead atoms. The summed E-state index contributed by atoms with van der Waals surface area (Å²) >= 11 is 0. The molecule has 2 saturated carbocycles. The molecule has 0 radical (unpaired) electrons. The molecule has 3 heteroatoms. The fraction of sp³-hybridized carbons (Fsp3) is 1.00. The van der Waals surface area contributed by atoms with Crippen LogP contribution in [-0.4, -0.2) is 56.1 Å². The normalized spacial score (nSPS) is 38.7. The maximum absolute atomic E-state index is 10.1. The average Bonchev–Trinajstić information content (AvgIpc) is 2.60. The van der Waals surface area contributed by atoms with Crippen LogP contribution in [0.5, 0.6) is 0 Å². The van der Waals surface area contributed by atoms with E-state index >= 15 is 0 Å². The molecule has 19 heavy (non-hydrogen) atoms. The van der Waals surface area contributed by atoms with E-state index in [1.165, 1.54) is 12.8 Å². The second-order valence-electron chi connectivity index (χ2n) is 8.40. The monoisotopic (exact) mass is 270 g/mol. The highest BCUT2D eigenvalue weighted by atomic mass is 16.5. The number of aliphatic hydroxyl groups excluding tert-OH is 1. The quantitative estimate of drug-likeness (QED) is 0.776. The minimum absolute atomic E-state index is 0.352. The van der Waals surface area contributed by atoms with Crippen LogP contribution in [-0.2, 0) is 4.74 Å². The van der Waals surface area contributed by atoms with E-state index in [0.29, 0.717) is 30.0 Å². The molecule has 0 unspecified atom stereocenters. The molecule has 0 aromatic heterocycles. The van der Waals surface area contributed by atoms with E-state index in [2.05, 4.69) is 41.9 Å². The van der Waals surface area contributed by atoms with Crippen LogP contribution in [0.15, 0.2) is 0 Å². The summed E-state index contributed by atoms with van der Waals surface area (Å²) in [6.07, 6.45) is 2.67. The second kappa shape index (κ2) is 5.01. The molecule has 0 spiro atoms. The van der Waals surface area contributed by atoms with Gasteiger partial charge in [-0.2, -0.15) is 0 Å². The summed E-state index contributed by atoms with van der Waals surface area (Å²) in [6, 6.07) is 0. The van der Waals surface area contributed by atoms with Crippen molar-refractivity contribution in [3.63, 3.8) is 0 Å². The van der Waals surface area contributed by atoms with E-state index in [1.807, 2.05) is 0 Å². The van der Waals surface area contributed by atoms with Gasteiger partial charge in [0.25, 0.3) is 0 Å². The third kappa shape index (κ3) is 2.98. The fourth-order valence-electron chi connectivity index (χ4n) is 4.68. The van der Waals surface area contributed by atoms with Crippen molar-refractivity contribution in [2.24, 2.45) is 23.2 Å². The Labute approximate surface area is 118 Å². The van der Waals surface area contributed by atoms with Crippen LogP contribution >= 0.6 is 0 Å². The molecule has 2 aliphatic rings. The molecule has 0 aromatic rings. The fourth-order valence-corrected chi connectivity index (χ4v) is 4.68. The number of quaternary nitrogens is 1. The molecule has 5 atom stereocenters. The number of hydrogen-bond donors (Lipinski definition) is 1. The van der Waals surface area contributed by atoms with Crippen LogP contribution in [0.3, 0.4) is 0 Å². The van der Waals surface area contributed by atoms with Crippen molar-refractivity contribution in [2.75, 3.05) is 34.3 Å². The van der Waals surface area contributed by atoms with Crippen molar-refractivity contribution in [1.29, 1.82) is 0 Å². The molecule has 0 amide bonds. The van der Waals surface area contributed by atoms with Crippen LogP contribution in [0.1, 0.15) is 33.6 Å². The van der Waals surface area contributed by atoms with Crippen molar-refractivity contribution in [3.05, 3.63) is 0 Å². The molecule has 2 aliphatic carbocycles. The topological polar surface area (TPSA) is 29.5 Å². The molecule has 112 valence electrons. The minimum atomic E-state index is -0.352. The highest BCUT2D eigenvalue weighted by Crippen LogP contribution is 2.60. The maximum atomic E-state index is 10.1. The Morgan fingerprint density at radius 2 is 1.79 bits per heavy atom. The van der Waals surface area contributed by atoms with Gasteiger partial charge in [0.1, 0.15) is 12.6 Å². The first-order valence-electron chi connectivity index (χ1n) is 7.73. The highest BCUT2D eigenvalue weighted by Gasteiger charge is 2.57. The van der Waals surface area contributed by atoms with Gasteiger partial charge in [-0.05, 0) is 36.0 Å². The van der Waals surface area contributed by atoms with Crippen LogP contribution in [0.2, 0.25) is 0 Å². The molecule has 0 heterocycles. The zero-order valence-corrected chi connectivity index (χ0v) is 13.5. The Morgan fingerprint density at radius 3 is 2.26 bits per heavy atom. The molecule has 0 aliphatic heterocycles. The van der Waals surface area contributed by atoms with Gasteiger partial charge < -0.3 is 14.3 Å². The molecule has 0 aromatic carbocycles. The number of aliphatic hydroxyl groups is 1. The summed E-state index contributed by atoms with van der Waals surface area (Å²) in [4.78, 5) is 0. The lowest BCUT2D eigenvalue weighted by Crippen LogP contribution is -2.44. The van der Waals surface area contributed by atoms with Crippen molar-refractivity contribution < 1.29 is 14.3 Å². The first kappa shape index (κ1) is 15.3. The first-order chi connectivity index (χ1) is 8.63. The van der Waals surface area contributed by atoms with E-state index in [-0.39, 0.29) is 6.10 Å². The number of hydrogen-bond acceptors (Lipinski definition) is 2. The minimum Gasteiger partial charge on any atom is -0.385 e. The molecule has 2 rings (SSSR count). The van der Waals surface area contributed by atoms with Crippen LogP contribution in [0, 0.1) is 23.2 Å². The summed E-state index contributed by atoms with van der Waals surface area (Å²) in [5, 5.41) is 10.1. The van der Waals surface area contributed by atoms with E-state index in [1.54, 1.807) is 0 Å². The Kier molecular flexibility index (Phi) is 4.03. The van der Waals surface area contributed by atoms with E-state index < -0.39 is 0 Å². The van der Waals surface area contributed by atoms with Gasteiger partial charge in [-0.25, -0.2) is 0 Å². The van der Waals surface area contributed by atoms with Gasteiger partial charge in [0, 0.05) is 0 Å². The Hall–Kier alpha value is -0.120. The number of rotatable bonds is 5. The SMILES string of the molecule is C[C@H]1[C@@H](OC[C@@H](O)C[N+](C)(C)C)[C@@H]2CC[C@@H]1C2(C)C. The van der Waals surface area contributed by atoms with E-state index in [4.69, 9.17) is 4.74 Å². The van der Waals surface area contributed by atoms with E-state index in [0.717, 1.165) is 16.9 Å². The summed E-state index contributed by atoms with van der Waals surface area (Å²) in [5.41, 5.74) is 0.426. The molecular weight excluding hydrogens is 238 g/mol. The third-order valence-electron chi connectivity index (χ3n) is 5.49. The zero-order valence-electron chi connectivity index (χ0n) is 13.5. The predicted octanol–water partition coefficient (Wildman–Crippen LogP) is 2.14. The lowest BCUT2D eigenvalue weighted by atomic mass is 9.80. The van der Waals surface area contributed by atoms with Crippen LogP contribution < -0.4 is 0 Å². The van der Waals surface area contributed by atoms with Gasteiger partial charge in [-0.15, -0.1) is 0 Å². The average molecular weight is 270 g/mol. The lowest BCUT2D eigenvalue weighted by molar-refractivity contribution is -0.873. The molecule has 0 saturated heterocycles. The maximum Gasteiger partial charge on any atom is 0.126 e. The van der Waals surface area contributed by atoms with Crippen LogP contribution in [0.4, 0.5) is 0 Å². The molecule has 3 nitrogen and oxygen atoms in total. The smallest absolute Gasteiger partial charge is 0.126 e. The van der Waals surface area contributed by atoms with Crippen molar-refractivity contribution in [1.82, 2.24) is 0 Å². The van der Waals surface area contributed by atoms with Gasteiger partial charge in [0.05, 0.1) is 33.9 Å². The van der Waals surface area contributed by atoms with Crippen molar-refractivity contribution in [3.8, 4) is 0 Å². The van der Waals surface area contributed by atoms with Crippen molar-refractivity contribution >= 4 is 0 Å². The summed E-state index contributed by atoms with van der Waals surface area (Å²) in [7, 11) is 6.31. The third-order valence-corrected chi connectivity index (χ3v) is 5.49. The summed E-state index contributed by atoms with van der Waals surface area (Å²) < 4.78 is 6.91. The lowest BCUT2D eigenvalue weighted by Gasteiger charge is -2.31. The molecular formula is C16H32NO2+. The zero-order chi connectivity index (χ0) is 14.4. The Bertz CT molecular complexity index is 321. The molecule has 1 N–H and O–H groups in total. The Morgan fingerprint density at radius 1 is 1.21 bits per heavy atom. The summed E-state index contributed by atoms with van der Waals surface area (Å²) in [5.74, 6) is 2.13. The van der Waals surface area contributed by atoms with Crippen LogP contribution in [0.25, 0.3) is 0 Å². The Balaban J connectivity index is 1.88. The number of likely N-dealkylation sites (N-methyl/N-ethyl adjacent to an activating group) is 1. The number of nitrogens with zero attached hydrogens (tertiary/aromatic N) is 1. The number of fused-ring (bicyclic) bond motifs is 2. The predicted molar refractivity (Wildman–Crippen MR) is 77.8 cm³/mol. The van der Waals surface area contributed by atoms with Gasteiger partial charge in [-0.1, -0.05) is 20.8 Å². The number of ether oxygens (including phenoxy) is 1. The second-order valence-corrected chi connectivity index (χ2v) is 8.40. The van der Waals surface area contributed by atoms with E-state index in [9.17, 15) is 5.11 Å². The highest BCUT2D eigenvalue weighted by molar-refractivity contribution is 5.06. The largest absolute Gasteiger partial charge is 0.385 e. The molecule has 2 fully saturated rings. The van der Waals surface area contributed by atoms with Gasteiger partial charge in [-0.3, -0.25) is 0 Å². The van der Waals surface area contributed by atoms with Gasteiger partial charge in [0.2, 0.25) is 0 Å². The van der Waals surface area contributed by atoms with Crippen molar-refractivity contribution in [2.45, 2.75) is 45.8 Å². The van der Waals surface area contributed by atoms with Gasteiger partial charge >= 0.3 is 0 Å². The summed E-state index contributed by atoms with van der Waals surface area (Å²) in [6.45, 7) is 8.38. The first-order valence-corrected chi connectivity index (χ1v) is 7.73.